The minimum Gasteiger partial charge on any atom is -0.383 e. The summed E-state index contributed by atoms with van der Waals surface area (Å²) in [6, 6.07) is 12.1. The maximum absolute atomic E-state index is 5.17. The number of piperidine rings is 1. The van der Waals surface area contributed by atoms with Crippen molar-refractivity contribution in [2.24, 2.45) is 5.92 Å². The smallest absolute Gasteiger partial charge is 0.0589 e. The Labute approximate surface area is 165 Å². The zero-order valence-corrected chi connectivity index (χ0v) is 17.0. The fraction of sp³-hybridized carbons (Fsp3) is 0.600. The third kappa shape index (κ3) is 6.92. The number of benzene rings is 1. The summed E-state index contributed by atoms with van der Waals surface area (Å²) in [5.74, 6) is 0.738. The lowest BCUT2D eigenvalue weighted by Crippen LogP contribution is -2.44. The summed E-state index contributed by atoms with van der Waals surface area (Å²) in [6.45, 7) is 6.63. The van der Waals surface area contributed by atoms with Crippen LogP contribution in [0.1, 0.15) is 31.7 Å². The van der Waals surface area contributed by atoms with Crippen LogP contribution in [-0.2, 0) is 4.74 Å². The minimum absolute atomic E-state index is 0. The van der Waals surface area contributed by atoms with E-state index in [1.165, 1.54) is 43.5 Å². The third-order valence-electron chi connectivity index (χ3n) is 5.22. The summed E-state index contributed by atoms with van der Waals surface area (Å²) in [6.07, 6.45) is 6.20. The molecular formula is C20H32Cl2N2O. The molecule has 1 heterocycles. The van der Waals surface area contributed by atoms with Gasteiger partial charge in [0.15, 0.2) is 0 Å². The van der Waals surface area contributed by atoms with Crippen molar-refractivity contribution in [2.75, 3.05) is 33.4 Å². The summed E-state index contributed by atoms with van der Waals surface area (Å²) in [5.41, 5.74) is 2.84. The molecule has 5 heteroatoms. The summed E-state index contributed by atoms with van der Waals surface area (Å²) in [7, 11) is 1.78. The second-order valence-corrected chi connectivity index (χ2v) is 7.02. The van der Waals surface area contributed by atoms with E-state index >= 15 is 0 Å². The Morgan fingerprint density at radius 3 is 2.52 bits per heavy atom. The van der Waals surface area contributed by atoms with Gasteiger partial charge in [0.1, 0.15) is 0 Å². The molecule has 0 unspecified atom stereocenters. The van der Waals surface area contributed by atoms with Crippen LogP contribution in [0.15, 0.2) is 35.9 Å². The maximum atomic E-state index is 5.17. The molecular weight excluding hydrogens is 355 g/mol. The fourth-order valence-electron chi connectivity index (χ4n) is 3.65. The average Bonchev–Trinajstić information content (AvgIpc) is 3.34. The summed E-state index contributed by atoms with van der Waals surface area (Å²) < 4.78 is 5.17. The van der Waals surface area contributed by atoms with Crippen LogP contribution in [0.2, 0.25) is 0 Å². The number of ether oxygens (including phenoxy) is 1. The quantitative estimate of drug-likeness (QED) is 0.765. The Morgan fingerprint density at radius 1 is 1.20 bits per heavy atom. The molecule has 1 aromatic rings. The van der Waals surface area contributed by atoms with Crippen molar-refractivity contribution in [3.8, 4) is 0 Å². The zero-order chi connectivity index (χ0) is 16.1. The Kier molecular flexibility index (Phi) is 10.1. The first-order chi connectivity index (χ1) is 11.3. The van der Waals surface area contributed by atoms with E-state index in [9.17, 15) is 0 Å². The molecule has 1 N–H and O–H groups in total. The first kappa shape index (κ1) is 22.5. The second-order valence-electron chi connectivity index (χ2n) is 7.02. The zero-order valence-electron chi connectivity index (χ0n) is 15.3. The topological polar surface area (TPSA) is 24.5 Å². The Bertz CT molecular complexity index is 516. The molecule has 0 aromatic heterocycles. The molecule has 1 aromatic carbocycles. The van der Waals surface area contributed by atoms with Gasteiger partial charge in [0.05, 0.1) is 6.61 Å². The fourth-order valence-corrected chi connectivity index (χ4v) is 3.65. The predicted octanol–water partition coefficient (Wildman–Crippen LogP) is 4.02. The van der Waals surface area contributed by atoms with E-state index in [4.69, 9.17) is 4.74 Å². The van der Waals surface area contributed by atoms with Crippen LogP contribution < -0.4 is 5.32 Å². The first-order valence-corrected chi connectivity index (χ1v) is 8.97. The lowest BCUT2D eigenvalue weighted by Gasteiger charge is -2.32. The Balaban J connectivity index is 0.00000156. The molecule has 2 aliphatic rings. The summed E-state index contributed by atoms with van der Waals surface area (Å²) in [5, 5.41) is 3.89. The summed E-state index contributed by atoms with van der Waals surface area (Å²) in [4.78, 5) is 2.52. The molecule has 1 aliphatic heterocycles. The normalized spacial score (nSPS) is 24.3. The maximum Gasteiger partial charge on any atom is 0.0589 e. The largest absolute Gasteiger partial charge is 0.383 e. The van der Waals surface area contributed by atoms with Gasteiger partial charge in [-0.1, -0.05) is 42.0 Å². The standard InChI is InChI=1S/C20H30N2O.2ClH/c1-16(14-17-6-4-3-5-7-17)19-15-20(19)21-18-8-10-22(11-9-18)12-13-23-2;;/h3-7,14,18-21H,8-13,15H2,1-2H3;2*1H/b16-14+;;/t19-,20+;;/m0../s1. The van der Waals surface area contributed by atoms with E-state index in [0.717, 1.165) is 19.1 Å². The van der Waals surface area contributed by atoms with Crippen molar-refractivity contribution < 1.29 is 4.74 Å². The van der Waals surface area contributed by atoms with E-state index in [0.29, 0.717) is 12.1 Å². The number of likely N-dealkylation sites (tertiary alicyclic amines) is 1. The number of methoxy groups -OCH3 is 1. The van der Waals surface area contributed by atoms with Gasteiger partial charge in [-0.2, -0.15) is 0 Å². The van der Waals surface area contributed by atoms with E-state index in [-0.39, 0.29) is 24.8 Å². The van der Waals surface area contributed by atoms with Gasteiger partial charge in [0.2, 0.25) is 0 Å². The Hall–Kier alpha value is -0.580. The van der Waals surface area contributed by atoms with Crippen LogP contribution in [0.25, 0.3) is 6.08 Å². The molecule has 142 valence electrons. The van der Waals surface area contributed by atoms with Gasteiger partial charge in [-0.3, -0.25) is 0 Å². The van der Waals surface area contributed by atoms with Crippen molar-refractivity contribution in [2.45, 2.75) is 38.3 Å². The average molecular weight is 387 g/mol. The molecule has 1 aliphatic carbocycles. The molecule has 1 saturated carbocycles. The molecule has 3 nitrogen and oxygen atoms in total. The number of halogens is 2. The molecule has 0 amide bonds. The Morgan fingerprint density at radius 2 is 1.88 bits per heavy atom. The minimum atomic E-state index is 0. The van der Waals surface area contributed by atoms with Gasteiger partial charge in [0, 0.05) is 25.7 Å². The number of hydrogen-bond donors (Lipinski definition) is 1. The van der Waals surface area contributed by atoms with Gasteiger partial charge < -0.3 is 15.0 Å². The van der Waals surface area contributed by atoms with E-state index in [1.807, 2.05) is 0 Å². The van der Waals surface area contributed by atoms with Crippen molar-refractivity contribution >= 4 is 30.9 Å². The number of hydrogen-bond acceptors (Lipinski definition) is 3. The van der Waals surface area contributed by atoms with Gasteiger partial charge in [-0.15, -0.1) is 24.8 Å². The van der Waals surface area contributed by atoms with Gasteiger partial charge in [0.25, 0.3) is 0 Å². The first-order valence-electron chi connectivity index (χ1n) is 8.97. The van der Waals surface area contributed by atoms with Crippen LogP contribution >= 0.6 is 24.8 Å². The molecule has 0 bridgehead atoms. The highest BCUT2D eigenvalue weighted by molar-refractivity contribution is 5.85. The molecule has 2 fully saturated rings. The van der Waals surface area contributed by atoms with Crippen molar-refractivity contribution in [3.05, 3.63) is 41.5 Å². The van der Waals surface area contributed by atoms with Crippen molar-refractivity contribution in [1.82, 2.24) is 10.2 Å². The third-order valence-corrected chi connectivity index (χ3v) is 5.22. The highest BCUT2D eigenvalue weighted by atomic mass is 35.5. The van der Waals surface area contributed by atoms with Crippen LogP contribution in [0.4, 0.5) is 0 Å². The van der Waals surface area contributed by atoms with Crippen LogP contribution in [-0.4, -0.2) is 50.3 Å². The summed E-state index contributed by atoms with van der Waals surface area (Å²) >= 11 is 0. The molecule has 0 radical (unpaired) electrons. The van der Waals surface area contributed by atoms with Crippen LogP contribution in [0, 0.1) is 5.92 Å². The molecule has 25 heavy (non-hydrogen) atoms. The van der Waals surface area contributed by atoms with Gasteiger partial charge >= 0.3 is 0 Å². The van der Waals surface area contributed by atoms with Gasteiger partial charge in [-0.05, 0) is 50.8 Å². The monoisotopic (exact) mass is 386 g/mol. The van der Waals surface area contributed by atoms with E-state index in [2.05, 4.69) is 53.5 Å². The van der Waals surface area contributed by atoms with Crippen LogP contribution in [0.3, 0.4) is 0 Å². The molecule has 3 rings (SSSR count). The highest BCUT2D eigenvalue weighted by Gasteiger charge is 2.39. The van der Waals surface area contributed by atoms with Crippen molar-refractivity contribution in [1.29, 1.82) is 0 Å². The lowest BCUT2D eigenvalue weighted by molar-refractivity contribution is 0.125. The molecule has 2 atom stereocenters. The molecule has 1 saturated heterocycles. The van der Waals surface area contributed by atoms with E-state index in [1.54, 1.807) is 7.11 Å². The number of nitrogens with one attached hydrogen (secondary N) is 1. The highest BCUT2D eigenvalue weighted by Crippen LogP contribution is 2.38. The number of nitrogens with zero attached hydrogens (tertiary/aromatic N) is 1. The predicted molar refractivity (Wildman–Crippen MR) is 111 cm³/mol. The van der Waals surface area contributed by atoms with Gasteiger partial charge in [-0.25, -0.2) is 0 Å². The number of rotatable bonds is 7. The van der Waals surface area contributed by atoms with E-state index < -0.39 is 0 Å². The molecule has 0 spiro atoms. The van der Waals surface area contributed by atoms with Crippen LogP contribution in [0.5, 0.6) is 0 Å². The lowest BCUT2D eigenvalue weighted by atomic mass is 10.0. The second kappa shape index (κ2) is 11.2. The SMILES string of the molecule is COCCN1CCC(N[C@@H]2C[C@H]2/C(C)=C/c2ccccc2)CC1.Cl.Cl. The van der Waals surface area contributed by atoms with Crippen molar-refractivity contribution in [3.63, 3.8) is 0 Å².